The number of anilines is 1. The predicted molar refractivity (Wildman–Crippen MR) is 97.2 cm³/mol. The zero-order chi connectivity index (χ0) is 18.1. The molecule has 0 radical (unpaired) electrons. The maximum atomic E-state index is 11.7. The lowest BCUT2D eigenvalue weighted by molar-refractivity contribution is -0.118. The lowest BCUT2D eigenvalue weighted by atomic mass is 10.3. The van der Waals surface area contributed by atoms with Crippen LogP contribution in [-0.2, 0) is 9.59 Å². The van der Waals surface area contributed by atoms with Gasteiger partial charge in [-0.1, -0.05) is 22.8 Å². The van der Waals surface area contributed by atoms with E-state index in [4.69, 9.17) is 20.9 Å². The molecule has 0 aliphatic rings. The van der Waals surface area contributed by atoms with Crippen LogP contribution >= 0.6 is 23.4 Å². The molecule has 25 heavy (non-hydrogen) atoms. The van der Waals surface area contributed by atoms with Crippen LogP contribution in [0.15, 0.2) is 34.9 Å². The van der Waals surface area contributed by atoms with Gasteiger partial charge in [0.05, 0.1) is 18.1 Å². The molecule has 0 fully saturated rings. The number of aryl methyl sites for hydroxylation is 1. The molecule has 0 spiro atoms. The average molecular weight is 384 g/mol. The van der Waals surface area contributed by atoms with E-state index in [-0.39, 0.29) is 23.3 Å². The summed E-state index contributed by atoms with van der Waals surface area (Å²) in [6.07, 6.45) is 0. The van der Waals surface area contributed by atoms with Gasteiger partial charge in [0.25, 0.3) is 0 Å². The van der Waals surface area contributed by atoms with Gasteiger partial charge in [-0.2, -0.15) is 0 Å². The quantitative estimate of drug-likeness (QED) is 0.646. The van der Waals surface area contributed by atoms with Crippen molar-refractivity contribution < 1.29 is 18.8 Å². The van der Waals surface area contributed by atoms with Crippen LogP contribution in [0.25, 0.3) is 0 Å². The molecule has 9 heteroatoms. The van der Waals surface area contributed by atoms with E-state index in [9.17, 15) is 9.59 Å². The minimum Gasteiger partial charge on any atom is -0.492 e. The standard InChI is InChI=1S/C16H18ClN3O4S/c1-11-7-14(20-24-11)19-16(22)10-25-9-15(21)18-5-6-23-13-4-2-3-12(17)8-13/h2-4,7-8H,5-6,9-10H2,1H3,(H,18,21)(H,19,20,22). The Balaban J connectivity index is 1.54. The molecule has 0 saturated heterocycles. The third kappa shape index (κ3) is 7.49. The largest absolute Gasteiger partial charge is 0.492 e. The maximum Gasteiger partial charge on any atom is 0.235 e. The number of hydrogen-bond acceptors (Lipinski definition) is 6. The van der Waals surface area contributed by atoms with Crippen molar-refractivity contribution in [2.24, 2.45) is 0 Å². The van der Waals surface area contributed by atoms with Gasteiger partial charge in [0.2, 0.25) is 11.8 Å². The van der Waals surface area contributed by atoms with Crippen molar-refractivity contribution in [3.05, 3.63) is 41.1 Å². The Kier molecular flexibility index (Phi) is 7.62. The second-order valence-corrected chi connectivity index (χ2v) is 6.44. The summed E-state index contributed by atoms with van der Waals surface area (Å²) in [5.74, 6) is 1.56. The fourth-order valence-corrected chi connectivity index (χ4v) is 2.64. The Hall–Kier alpha value is -2.19. The average Bonchev–Trinajstić information content (AvgIpc) is 2.96. The Morgan fingerprint density at radius 1 is 1.28 bits per heavy atom. The monoisotopic (exact) mass is 383 g/mol. The van der Waals surface area contributed by atoms with Gasteiger partial charge in [-0.3, -0.25) is 9.59 Å². The highest BCUT2D eigenvalue weighted by Crippen LogP contribution is 2.16. The second kappa shape index (κ2) is 9.95. The molecule has 0 aliphatic carbocycles. The van der Waals surface area contributed by atoms with Crippen LogP contribution in [0.1, 0.15) is 5.76 Å². The number of nitrogens with zero attached hydrogens (tertiary/aromatic N) is 1. The van der Waals surface area contributed by atoms with Crippen molar-refractivity contribution in [1.29, 1.82) is 0 Å². The predicted octanol–water partition coefficient (Wildman–Crippen LogP) is 2.50. The van der Waals surface area contributed by atoms with Crippen molar-refractivity contribution in [1.82, 2.24) is 10.5 Å². The number of ether oxygens (including phenoxy) is 1. The van der Waals surface area contributed by atoms with Gasteiger partial charge in [-0.25, -0.2) is 0 Å². The number of rotatable bonds is 9. The number of thioether (sulfide) groups is 1. The highest BCUT2D eigenvalue weighted by molar-refractivity contribution is 8.00. The molecule has 2 rings (SSSR count). The Labute approximate surface area is 154 Å². The van der Waals surface area contributed by atoms with Gasteiger partial charge >= 0.3 is 0 Å². The summed E-state index contributed by atoms with van der Waals surface area (Å²) in [7, 11) is 0. The summed E-state index contributed by atoms with van der Waals surface area (Å²) < 4.78 is 10.3. The van der Waals surface area contributed by atoms with Gasteiger partial charge in [-0.15, -0.1) is 11.8 Å². The highest BCUT2D eigenvalue weighted by atomic mass is 35.5. The normalized spacial score (nSPS) is 10.3. The van der Waals surface area contributed by atoms with E-state index in [1.165, 1.54) is 11.8 Å². The minimum absolute atomic E-state index is 0.151. The van der Waals surface area contributed by atoms with Crippen LogP contribution in [0.3, 0.4) is 0 Å². The summed E-state index contributed by atoms with van der Waals surface area (Å²) in [6, 6.07) is 8.66. The lowest BCUT2D eigenvalue weighted by Crippen LogP contribution is -2.30. The van der Waals surface area contributed by atoms with Crippen LogP contribution in [0.2, 0.25) is 5.02 Å². The molecular weight excluding hydrogens is 366 g/mol. The molecule has 2 amide bonds. The van der Waals surface area contributed by atoms with Crippen molar-refractivity contribution in [2.45, 2.75) is 6.92 Å². The lowest BCUT2D eigenvalue weighted by Gasteiger charge is -2.08. The molecular formula is C16H18ClN3O4S. The van der Waals surface area contributed by atoms with Crippen molar-refractivity contribution >= 4 is 41.0 Å². The van der Waals surface area contributed by atoms with E-state index < -0.39 is 0 Å². The summed E-state index contributed by atoms with van der Waals surface area (Å²) in [5.41, 5.74) is 0. The Morgan fingerprint density at radius 2 is 2.08 bits per heavy atom. The third-order valence-corrected chi connectivity index (χ3v) is 4.02. The number of halogens is 1. The molecule has 2 N–H and O–H groups in total. The van der Waals surface area contributed by atoms with Gasteiger partial charge in [0.1, 0.15) is 18.1 Å². The van der Waals surface area contributed by atoms with Crippen molar-refractivity contribution in [3.63, 3.8) is 0 Å². The number of amides is 2. The smallest absolute Gasteiger partial charge is 0.235 e. The van der Waals surface area contributed by atoms with Crippen molar-refractivity contribution in [3.8, 4) is 5.75 Å². The molecule has 0 unspecified atom stereocenters. The fourth-order valence-electron chi connectivity index (χ4n) is 1.81. The van der Waals surface area contributed by atoms with Crippen LogP contribution in [-0.4, -0.2) is 41.6 Å². The first-order valence-electron chi connectivity index (χ1n) is 7.49. The number of hydrogen-bond donors (Lipinski definition) is 2. The topological polar surface area (TPSA) is 93.5 Å². The van der Waals surface area contributed by atoms with Crippen LogP contribution in [0.4, 0.5) is 5.82 Å². The van der Waals surface area contributed by atoms with E-state index in [0.717, 1.165) is 0 Å². The molecule has 0 bridgehead atoms. The molecule has 1 aromatic heterocycles. The number of nitrogens with one attached hydrogen (secondary N) is 2. The van der Waals surface area contributed by atoms with E-state index in [1.54, 1.807) is 37.3 Å². The van der Waals surface area contributed by atoms with Crippen LogP contribution in [0, 0.1) is 6.92 Å². The van der Waals surface area contributed by atoms with Gasteiger partial charge in [-0.05, 0) is 25.1 Å². The van der Waals surface area contributed by atoms with Gasteiger partial charge in [0, 0.05) is 11.1 Å². The second-order valence-electron chi connectivity index (χ2n) is 5.02. The summed E-state index contributed by atoms with van der Waals surface area (Å²) in [4.78, 5) is 23.4. The zero-order valence-electron chi connectivity index (χ0n) is 13.6. The summed E-state index contributed by atoms with van der Waals surface area (Å²) in [6.45, 7) is 2.44. The van der Waals surface area contributed by atoms with E-state index in [0.29, 0.717) is 35.5 Å². The molecule has 0 saturated carbocycles. The number of carbonyl (C=O) groups is 2. The first-order chi connectivity index (χ1) is 12.0. The Bertz CT molecular complexity index is 723. The zero-order valence-corrected chi connectivity index (χ0v) is 15.2. The summed E-state index contributed by atoms with van der Waals surface area (Å²) in [5, 5.41) is 9.56. The highest BCUT2D eigenvalue weighted by Gasteiger charge is 2.08. The van der Waals surface area contributed by atoms with Gasteiger partial charge in [0.15, 0.2) is 5.82 Å². The molecule has 1 heterocycles. The minimum atomic E-state index is -0.240. The molecule has 7 nitrogen and oxygen atoms in total. The summed E-state index contributed by atoms with van der Waals surface area (Å²) >= 11 is 7.06. The van der Waals surface area contributed by atoms with Crippen LogP contribution in [0.5, 0.6) is 5.75 Å². The van der Waals surface area contributed by atoms with Crippen molar-refractivity contribution in [2.75, 3.05) is 30.0 Å². The SMILES string of the molecule is Cc1cc(NC(=O)CSCC(=O)NCCOc2cccc(Cl)c2)no1. The maximum absolute atomic E-state index is 11.7. The first-order valence-corrected chi connectivity index (χ1v) is 9.02. The van der Waals surface area contributed by atoms with Crippen LogP contribution < -0.4 is 15.4 Å². The molecule has 2 aromatic rings. The number of aromatic nitrogens is 1. The molecule has 0 atom stereocenters. The third-order valence-electron chi connectivity index (χ3n) is 2.85. The Morgan fingerprint density at radius 3 is 2.80 bits per heavy atom. The van der Waals surface area contributed by atoms with Gasteiger partial charge < -0.3 is 19.9 Å². The number of benzene rings is 1. The molecule has 0 aliphatic heterocycles. The van der Waals surface area contributed by atoms with E-state index >= 15 is 0 Å². The molecule has 134 valence electrons. The first kappa shape index (κ1) is 19.1. The van der Waals surface area contributed by atoms with E-state index in [1.807, 2.05) is 0 Å². The number of carbonyl (C=O) groups excluding carboxylic acids is 2. The van der Waals surface area contributed by atoms with E-state index in [2.05, 4.69) is 15.8 Å². The molecule has 1 aromatic carbocycles. The fraction of sp³-hybridized carbons (Fsp3) is 0.312.